The van der Waals surface area contributed by atoms with E-state index in [9.17, 15) is 14.7 Å². The molecule has 0 radical (unpaired) electrons. The van der Waals surface area contributed by atoms with Crippen LogP contribution in [0.3, 0.4) is 0 Å². The third-order valence-corrected chi connectivity index (χ3v) is 5.36. The maximum Gasteiger partial charge on any atom is 0.296 e. The molecule has 1 N–H and O–H groups in total. The van der Waals surface area contributed by atoms with Crippen molar-refractivity contribution in [3.8, 4) is 11.5 Å². The van der Waals surface area contributed by atoms with E-state index in [1.807, 2.05) is 30.3 Å². The summed E-state index contributed by atoms with van der Waals surface area (Å²) in [5, 5.41) is 11.1. The normalized spacial score (nSPS) is 19.6. The van der Waals surface area contributed by atoms with Gasteiger partial charge in [0.15, 0.2) is 11.5 Å². The number of fused-ring (bicyclic) bond motifs is 1. The fourth-order valence-electron chi connectivity index (χ4n) is 3.91. The summed E-state index contributed by atoms with van der Waals surface area (Å²) >= 11 is 0. The minimum absolute atomic E-state index is 0.0208. The lowest BCUT2D eigenvalue weighted by molar-refractivity contribution is -0.140. The number of carbonyl (C=O) groups excluding carboxylic acids is 2. The highest BCUT2D eigenvalue weighted by Gasteiger charge is 2.47. The summed E-state index contributed by atoms with van der Waals surface area (Å²) in [6.45, 7) is 1.04. The minimum atomic E-state index is -0.844. The predicted octanol–water partition coefficient (Wildman–Crippen LogP) is 3.67. The molecular weight excluding hydrogens is 398 g/mol. The number of amides is 1. The maximum absolute atomic E-state index is 13.0. The van der Waals surface area contributed by atoms with E-state index in [1.165, 1.54) is 11.2 Å². The number of carbonyl (C=O) groups is 2. The minimum Gasteiger partial charge on any atom is -0.507 e. The van der Waals surface area contributed by atoms with Crippen molar-refractivity contribution in [3.63, 3.8) is 0 Å². The summed E-state index contributed by atoms with van der Waals surface area (Å²) in [6.07, 6.45) is 1.47. The number of Topliss-reactive ketones (excluding diaryl/α,β-unsaturated/α-hetero) is 1. The first kappa shape index (κ1) is 19.0. The van der Waals surface area contributed by atoms with E-state index in [2.05, 4.69) is 0 Å². The highest BCUT2D eigenvalue weighted by Crippen LogP contribution is 2.41. The molecule has 3 aromatic rings. The van der Waals surface area contributed by atoms with Gasteiger partial charge in [-0.25, -0.2) is 0 Å². The molecule has 7 heteroatoms. The average Bonchev–Trinajstić information content (AvgIpc) is 3.42. The average molecular weight is 417 g/mol. The fraction of sp³-hybridized carbons (Fsp3) is 0.167. The van der Waals surface area contributed by atoms with Crippen LogP contribution in [0.5, 0.6) is 11.5 Å². The number of ether oxygens (including phenoxy) is 2. The standard InChI is InChI=1S/C24H19NO6/c26-22(16-8-9-17-19(13-16)31-12-11-30-17)20-21(18-7-4-10-29-18)25(24(28)23(20)27)14-15-5-2-1-3-6-15/h1-10,13,21,26H,11-12,14H2/b22-20+. The van der Waals surface area contributed by atoms with Crippen molar-refractivity contribution in [2.24, 2.45) is 0 Å². The lowest BCUT2D eigenvalue weighted by Gasteiger charge is -2.23. The molecule has 1 unspecified atom stereocenters. The zero-order chi connectivity index (χ0) is 21.4. The van der Waals surface area contributed by atoms with E-state index >= 15 is 0 Å². The van der Waals surface area contributed by atoms with Gasteiger partial charge in [0.25, 0.3) is 11.7 Å². The summed E-state index contributed by atoms with van der Waals surface area (Å²) in [5.74, 6) is -0.297. The summed E-state index contributed by atoms with van der Waals surface area (Å²) in [5.41, 5.74) is 1.20. The molecule has 2 aromatic carbocycles. The Hall–Kier alpha value is -4.00. The van der Waals surface area contributed by atoms with Crippen molar-refractivity contribution in [1.82, 2.24) is 4.90 Å². The molecule has 0 aliphatic carbocycles. The van der Waals surface area contributed by atoms with E-state index in [-0.39, 0.29) is 17.9 Å². The van der Waals surface area contributed by atoms with Crippen molar-refractivity contribution in [2.45, 2.75) is 12.6 Å². The van der Waals surface area contributed by atoms with Crippen LogP contribution in [0.25, 0.3) is 5.76 Å². The van der Waals surface area contributed by atoms with Gasteiger partial charge in [-0.1, -0.05) is 30.3 Å². The van der Waals surface area contributed by atoms with E-state index < -0.39 is 17.7 Å². The number of hydrogen-bond donors (Lipinski definition) is 1. The number of aliphatic hydroxyl groups excluding tert-OH is 1. The summed E-state index contributed by atoms with van der Waals surface area (Å²) in [7, 11) is 0. The van der Waals surface area contributed by atoms with E-state index in [0.717, 1.165) is 5.56 Å². The number of hydrogen-bond acceptors (Lipinski definition) is 6. The van der Waals surface area contributed by atoms with Crippen LogP contribution in [0.4, 0.5) is 0 Å². The van der Waals surface area contributed by atoms with Crippen LogP contribution in [-0.2, 0) is 16.1 Å². The van der Waals surface area contributed by atoms with Gasteiger partial charge in [0.1, 0.15) is 30.8 Å². The van der Waals surface area contributed by atoms with Gasteiger partial charge >= 0.3 is 0 Å². The van der Waals surface area contributed by atoms with Crippen molar-refractivity contribution in [3.05, 3.63) is 89.4 Å². The molecule has 1 fully saturated rings. The number of furan rings is 1. The monoisotopic (exact) mass is 417 g/mol. The third-order valence-electron chi connectivity index (χ3n) is 5.36. The fourth-order valence-corrected chi connectivity index (χ4v) is 3.91. The zero-order valence-corrected chi connectivity index (χ0v) is 16.5. The second-order valence-corrected chi connectivity index (χ2v) is 7.29. The number of aliphatic hydroxyl groups is 1. The smallest absolute Gasteiger partial charge is 0.296 e. The Morgan fingerprint density at radius 3 is 2.48 bits per heavy atom. The lowest BCUT2D eigenvalue weighted by Crippen LogP contribution is -2.29. The number of likely N-dealkylation sites (tertiary alicyclic amines) is 1. The molecule has 0 spiro atoms. The van der Waals surface area contributed by atoms with Gasteiger partial charge < -0.3 is 23.9 Å². The van der Waals surface area contributed by atoms with Crippen LogP contribution in [0.15, 0.2) is 76.9 Å². The van der Waals surface area contributed by atoms with Crippen molar-refractivity contribution in [1.29, 1.82) is 0 Å². The zero-order valence-electron chi connectivity index (χ0n) is 16.5. The first-order chi connectivity index (χ1) is 15.1. The first-order valence-corrected chi connectivity index (χ1v) is 9.89. The summed E-state index contributed by atoms with van der Waals surface area (Å²) in [6, 6.07) is 16.8. The molecule has 0 saturated carbocycles. The molecular formula is C24H19NO6. The molecule has 1 aromatic heterocycles. The topological polar surface area (TPSA) is 89.2 Å². The van der Waals surface area contributed by atoms with E-state index in [0.29, 0.717) is 36.0 Å². The molecule has 2 aliphatic heterocycles. The van der Waals surface area contributed by atoms with Crippen LogP contribution >= 0.6 is 0 Å². The Bertz CT molecular complexity index is 1170. The Kier molecular flexibility index (Phi) is 4.71. The number of benzene rings is 2. The van der Waals surface area contributed by atoms with Crippen LogP contribution in [0, 0.1) is 0 Å². The van der Waals surface area contributed by atoms with E-state index in [1.54, 1.807) is 30.3 Å². The molecule has 156 valence electrons. The van der Waals surface area contributed by atoms with Crippen molar-refractivity contribution < 1.29 is 28.6 Å². The van der Waals surface area contributed by atoms with Gasteiger partial charge in [-0.15, -0.1) is 0 Å². The second-order valence-electron chi connectivity index (χ2n) is 7.29. The Labute approximate surface area is 178 Å². The van der Waals surface area contributed by atoms with Gasteiger partial charge in [0.05, 0.1) is 11.8 Å². The Morgan fingerprint density at radius 1 is 0.968 bits per heavy atom. The quantitative estimate of drug-likeness (QED) is 0.396. The van der Waals surface area contributed by atoms with Gasteiger partial charge in [-0.05, 0) is 35.9 Å². The summed E-state index contributed by atoms with van der Waals surface area (Å²) < 4.78 is 16.7. The Morgan fingerprint density at radius 2 is 1.74 bits per heavy atom. The first-order valence-electron chi connectivity index (χ1n) is 9.89. The highest BCUT2D eigenvalue weighted by atomic mass is 16.6. The molecule has 1 atom stereocenters. The number of ketones is 1. The van der Waals surface area contributed by atoms with Crippen LogP contribution in [-0.4, -0.2) is 34.9 Å². The maximum atomic E-state index is 13.0. The molecule has 7 nitrogen and oxygen atoms in total. The summed E-state index contributed by atoms with van der Waals surface area (Å²) in [4.78, 5) is 27.4. The molecule has 2 aliphatic rings. The van der Waals surface area contributed by atoms with Crippen LogP contribution < -0.4 is 9.47 Å². The molecule has 31 heavy (non-hydrogen) atoms. The van der Waals surface area contributed by atoms with Gasteiger partial charge in [-0.3, -0.25) is 9.59 Å². The van der Waals surface area contributed by atoms with E-state index in [4.69, 9.17) is 13.9 Å². The van der Waals surface area contributed by atoms with Crippen molar-refractivity contribution >= 4 is 17.4 Å². The molecule has 5 rings (SSSR count). The number of nitrogens with zero attached hydrogens (tertiary/aromatic N) is 1. The molecule has 3 heterocycles. The predicted molar refractivity (Wildman–Crippen MR) is 110 cm³/mol. The molecule has 1 saturated heterocycles. The van der Waals surface area contributed by atoms with Crippen molar-refractivity contribution in [2.75, 3.05) is 13.2 Å². The van der Waals surface area contributed by atoms with Crippen LogP contribution in [0.1, 0.15) is 22.9 Å². The largest absolute Gasteiger partial charge is 0.507 e. The molecule has 0 bridgehead atoms. The SMILES string of the molecule is O=C1C(=O)N(Cc2ccccc2)C(c2ccco2)/C1=C(\O)c1ccc2c(c1)OCCO2. The molecule has 1 amide bonds. The van der Waals surface area contributed by atoms with Gasteiger partial charge in [0, 0.05) is 12.1 Å². The number of rotatable bonds is 4. The lowest BCUT2D eigenvalue weighted by atomic mass is 9.99. The third kappa shape index (κ3) is 3.34. The Balaban J connectivity index is 1.60. The van der Waals surface area contributed by atoms with Gasteiger partial charge in [-0.2, -0.15) is 0 Å². The van der Waals surface area contributed by atoms with Gasteiger partial charge in [0.2, 0.25) is 0 Å². The van der Waals surface area contributed by atoms with Crippen LogP contribution in [0.2, 0.25) is 0 Å². The second kappa shape index (κ2) is 7.68. The highest BCUT2D eigenvalue weighted by molar-refractivity contribution is 6.46.